The van der Waals surface area contributed by atoms with Crippen molar-refractivity contribution in [2.24, 2.45) is 4.99 Å². The van der Waals surface area contributed by atoms with Crippen molar-refractivity contribution < 1.29 is 24.0 Å². The van der Waals surface area contributed by atoms with Gasteiger partial charge in [-0.25, -0.2) is 9.79 Å². The third-order valence-corrected chi connectivity index (χ3v) is 6.68. The van der Waals surface area contributed by atoms with Gasteiger partial charge in [-0.3, -0.25) is 19.8 Å². The Morgan fingerprint density at radius 1 is 1.00 bits per heavy atom. The van der Waals surface area contributed by atoms with Crippen LogP contribution in [0.15, 0.2) is 105 Å². The van der Waals surface area contributed by atoms with E-state index in [0.29, 0.717) is 32.8 Å². The van der Waals surface area contributed by atoms with Crippen LogP contribution in [0, 0.1) is 10.1 Å². The van der Waals surface area contributed by atoms with Crippen molar-refractivity contribution in [1.29, 1.82) is 0 Å². The molecule has 1 aliphatic rings. The van der Waals surface area contributed by atoms with Crippen LogP contribution in [0.25, 0.3) is 17.4 Å². The minimum absolute atomic E-state index is 0.0789. The average molecular weight is 526 g/mol. The fourth-order valence-corrected chi connectivity index (χ4v) is 4.80. The topological polar surface area (TPSA) is 126 Å². The predicted molar refractivity (Wildman–Crippen MR) is 144 cm³/mol. The second kappa shape index (κ2) is 10.6. The first-order valence-corrected chi connectivity index (χ1v) is 12.2. The number of benzene rings is 3. The number of carboxylic acids is 1. The molecule has 1 saturated heterocycles. The van der Waals surface area contributed by atoms with E-state index in [0.717, 1.165) is 5.56 Å². The van der Waals surface area contributed by atoms with E-state index in [2.05, 4.69) is 4.99 Å². The van der Waals surface area contributed by atoms with Gasteiger partial charge in [0.05, 0.1) is 33.2 Å². The lowest BCUT2D eigenvalue weighted by Crippen LogP contribution is -2.28. The van der Waals surface area contributed by atoms with Crippen LogP contribution in [-0.4, -0.2) is 32.0 Å². The van der Waals surface area contributed by atoms with Gasteiger partial charge in [-0.2, -0.15) is 0 Å². The summed E-state index contributed by atoms with van der Waals surface area (Å²) in [5.41, 5.74) is 1.83. The van der Waals surface area contributed by atoms with Crippen molar-refractivity contribution in [3.05, 3.63) is 123 Å². The Kier molecular flexibility index (Phi) is 6.88. The number of hydrogen-bond acceptors (Lipinski definition) is 7. The van der Waals surface area contributed by atoms with Crippen LogP contribution >= 0.6 is 11.8 Å². The summed E-state index contributed by atoms with van der Waals surface area (Å²) in [5.74, 6) is -0.649. The van der Waals surface area contributed by atoms with Gasteiger partial charge in [0, 0.05) is 12.1 Å². The number of carboxylic acid groups (broad SMARTS) is 1. The Morgan fingerprint density at radius 3 is 2.42 bits per heavy atom. The number of hydrogen-bond donors (Lipinski definition) is 1. The van der Waals surface area contributed by atoms with Gasteiger partial charge in [0.25, 0.3) is 11.6 Å². The summed E-state index contributed by atoms with van der Waals surface area (Å²) in [7, 11) is 0. The van der Waals surface area contributed by atoms with E-state index in [1.807, 2.05) is 30.3 Å². The number of nitro groups is 1. The molecule has 0 bridgehead atoms. The summed E-state index contributed by atoms with van der Waals surface area (Å²) >= 11 is 1.18. The number of carbonyl (C=O) groups excluding carboxylic acids is 1. The molecule has 2 heterocycles. The molecule has 10 heteroatoms. The van der Waals surface area contributed by atoms with Crippen molar-refractivity contribution in [3.63, 3.8) is 0 Å². The van der Waals surface area contributed by atoms with Gasteiger partial charge in [-0.15, -0.1) is 0 Å². The second-order valence-electron chi connectivity index (χ2n) is 8.21. The van der Waals surface area contributed by atoms with Crippen LogP contribution < -0.4 is 0 Å². The molecule has 1 aromatic heterocycles. The van der Waals surface area contributed by atoms with Gasteiger partial charge in [0.1, 0.15) is 11.5 Å². The van der Waals surface area contributed by atoms with Gasteiger partial charge >= 0.3 is 5.97 Å². The molecular weight excluding hydrogens is 506 g/mol. The summed E-state index contributed by atoms with van der Waals surface area (Å²) < 4.78 is 5.85. The molecule has 188 valence electrons. The van der Waals surface area contributed by atoms with Crippen molar-refractivity contribution >= 4 is 46.3 Å². The fraction of sp³-hybridized carbons (Fsp3) is 0.0357. The summed E-state index contributed by atoms with van der Waals surface area (Å²) in [6.07, 6.45) is 1.58. The first kappa shape index (κ1) is 24.7. The van der Waals surface area contributed by atoms with Crippen LogP contribution in [0.4, 0.5) is 11.4 Å². The highest BCUT2D eigenvalue weighted by Crippen LogP contribution is 2.37. The third kappa shape index (κ3) is 5.25. The van der Waals surface area contributed by atoms with Crippen LogP contribution in [0.1, 0.15) is 21.7 Å². The molecule has 38 heavy (non-hydrogen) atoms. The number of nitrogens with zero attached hydrogens (tertiary/aromatic N) is 3. The monoisotopic (exact) mass is 525 g/mol. The molecule has 1 aliphatic heterocycles. The zero-order chi connectivity index (χ0) is 26.6. The van der Waals surface area contributed by atoms with E-state index in [4.69, 9.17) is 9.52 Å². The van der Waals surface area contributed by atoms with Crippen molar-refractivity contribution in [2.75, 3.05) is 0 Å². The zero-order valence-electron chi connectivity index (χ0n) is 19.7. The lowest BCUT2D eigenvalue weighted by molar-refractivity contribution is -0.384. The maximum Gasteiger partial charge on any atom is 0.335 e. The first-order valence-electron chi connectivity index (χ1n) is 11.4. The number of amides is 1. The zero-order valence-corrected chi connectivity index (χ0v) is 20.5. The maximum atomic E-state index is 13.4. The van der Waals surface area contributed by atoms with E-state index in [-0.39, 0.29) is 23.7 Å². The average Bonchev–Trinajstić information content (AvgIpc) is 3.50. The second-order valence-corrected chi connectivity index (χ2v) is 9.22. The van der Waals surface area contributed by atoms with Crippen molar-refractivity contribution in [1.82, 2.24) is 4.90 Å². The Balaban J connectivity index is 1.46. The van der Waals surface area contributed by atoms with E-state index < -0.39 is 10.9 Å². The Labute approximate surface area is 220 Å². The highest BCUT2D eigenvalue weighted by atomic mass is 32.2. The van der Waals surface area contributed by atoms with Crippen LogP contribution in [0.5, 0.6) is 0 Å². The van der Waals surface area contributed by atoms with Gasteiger partial charge in [0.2, 0.25) is 0 Å². The van der Waals surface area contributed by atoms with E-state index in [9.17, 15) is 19.7 Å². The van der Waals surface area contributed by atoms with Crippen LogP contribution in [0.2, 0.25) is 0 Å². The van der Waals surface area contributed by atoms with Crippen LogP contribution in [0.3, 0.4) is 0 Å². The number of thioether (sulfide) groups is 1. The largest absolute Gasteiger partial charge is 0.478 e. The standard InChI is InChI=1S/C28H19N3O6S/c32-26-25(16-21-14-15-24(37-21)22-8-4-5-9-23(22)31(35)36)38-28(29-20-6-2-1-3-7-20)30(26)17-18-10-12-19(13-11-18)27(33)34/h1-16H,17H2,(H,33,34)/b25-16+,29-28?. The lowest BCUT2D eigenvalue weighted by atomic mass is 10.1. The maximum absolute atomic E-state index is 13.4. The summed E-state index contributed by atoms with van der Waals surface area (Å²) in [6.45, 7) is 0.189. The molecule has 1 N–H and O–H groups in total. The molecule has 0 spiro atoms. The molecule has 1 amide bonds. The van der Waals surface area contributed by atoms with Gasteiger partial charge in [0.15, 0.2) is 5.17 Å². The summed E-state index contributed by atoms with van der Waals surface area (Å²) in [6, 6.07) is 25.1. The first-order chi connectivity index (χ1) is 18.4. The number of aliphatic imine (C=N–C) groups is 1. The number of nitro benzene ring substituents is 1. The number of para-hydroxylation sites is 2. The predicted octanol–water partition coefficient (Wildman–Crippen LogP) is 6.36. The molecule has 4 aromatic rings. The summed E-state index contributed by atoms with van der Waals surface area (Å²) in [5, 5.41) is 21.0. The number of carbonyl (C=O) groups is 2. The summed E-state index contributed by atoms with van der Waals surface area (Å²) in [4.78, 5) is 42.1. The molecular formula is C28H19N3O6S. The number of amidine groups is 1. The molecule has 0 aliphatic carbocycles. The fourth-order valence-electron chi connectivity index (χ4n) is 3.82. The highest BCUT2D eigenvalue weighted by molar-refractivity contribution is 8.18. The number of aromatic carboxylic acids is 1. The van der Waals surface area contributed by atoms with Crippen LogP contribution in [-0.2, 0) is 11.3 Å². The van der Waals surface area contributed by atoms with E-state index in [1.165, 1.54) is 34.9 Å². The van der Waals surface area contributed by atoms with Crippen molar-refractivity contribution in [2.45, 2.75) is 6.54 Å². The third-order valence-electron chi connectivity index (χ3n) is 5.68. The number of furan rings is 1. The van der Waals surface area contributed by atoms with Gasteiger partial charge in [-0.1, -0.05) is 42.5 Å². The Hall–Kier alpha value is -4.96. The number of rotatable bonds is 7. The van der Waals surface area contributed by atoms with Gasteiger partial charge < -0.3 is 9.52 Å². The minimum Gasteiger partial charge on any atom is -0.478 e. The Bertz CT molecular complexity index is 1590. The molecule has 0 atom stereocenters. The van der Waals surface area contributed by atoms with E-state index >= 15 is 0 Å². The Morgan fingerprint density at radius 2 is 1.71 bits per heavy atom. The molecule has 3 aromatic carbocycles. The van der Waals surface area contributed by atoms with Crippen molar-refractivity contribution in [3.8, 4) is 11.3 Å². The molecule has 1 fully saturated rings. The molecule has 0 unspecified atom stereocenters. The quantitative estimate of drug-likeness (QED) is 0.169. The minimum atomic E-state index is -1.03. The molecule has 5 rings (SSSR count). The molecule has 9 nitrogen and oxygen atoms in total. The smallest absolute Gasteiger partial charge is 0.335 e. The lowest BCUT2D eigenvalue weighted by Gasteiger charge is -2.16. The SMILES string of the molecule is O=C(O)c1ccc(CN2C(=O)/C(=C\c3ccc(-c4ccccc4[N+](=O)[O-])o3)SC2=Nc2ccccc2)cc1. The normalized spacial score (nSPS) is 15.4. The van der Waals surface area contributed by atoms with Gasteiger partial charge in [-0.05, 0) is 59.8 Å². The molecule has 0 saturated carbocycles. The van der Waals surface area contributed by atoms with E-state index in [1.54, 1.807) is 48.5 Å². The highest BCUT2D eigenvalue weighted by Gasteiger charge is 2.34. The molecule has 0 radical (unpaired) electrons.